The molecule has 8 nitrogen and oxygen atoms in total. The van der Waals surface area contributed by atoms with Crippen molar-refractivity contribution < 1.29 is 23.5 Å². The molecular weight excluding hydrogens is 423 g/mol. The number of ether oxygens (including phenoxy) is 2. The largest absolute Gasteiger partial charge is 0.480 e. The molecule has 2 heterocycles. The van der Waals surface area contributed by atoms with Crippen LogP contribution in [0.3, 0.4) is 0 Å². The monoisotopic (exact) mass is 446 g/mol. The van der Waals surface area contributed by atoms with Crippen LogP contribution < -0.4 is 15.4 Å². The summed E-state index contributed by atoms with van der Waals surface area (Å²) in [6.07, 6.45) is 0.0728. The molecule has 0 unspecified atom stereocenters. The molecular formula is C21H23FN4O4S. The Morgan fingerprint density at radius 1 is 1.16 bits per heavy atom. The van der Waals surface area contributed by atoms with E-state index in [1.165, 1.54) is 30.6 Å². The number of aryl methyl sites for hydroxylation is 1. The number of amides is 2. The number of thiophene rings is 1. The zero-order chi connectivity index (χ0) is 22.4. The van der Waals surface area contributed by atoms with Gasteiger partial charge in [-0.05, 0) is 30.2 Å². The first-order valence-electron chi connectivity index (χ1n) is 9.55. The van der Waals surface area contributed by atoms with Crippen LogP contribution in [0.4, 0.5) is 4.39 Å². The van der Waals surface area contributed by atoms with E-state index in [0.29, 0.717) is 32.4 Å². The van der Waals surface area contributed by atoms with E-state index in [1.54, 1.807) is 19.2 Å². The molecule has 0 bridgehead atoms. The molecule has 0 fully saturated rings. The van der Waals surface area contributed by atoms with E-state index in [2.05, 4.69) is 20.6 Å². The molecule has 0 aliphatic carbocycles. The molecule has 0 aliphatic heterocycles. The van der Waals surface area contributed by atoms with Crippen LogP contribution in [-0.4, -0.2) is 49.1 Å². The van der Waals surface area contributed by atoms with Crippen molar-refractivity contribution in [3.63, 3.8) is 0 Å². The van der Waals surface area contributed by atoms with E-state index < -0.39 is 0 Å². The van der Waals surface area contributed by atoms with Crippen LogP contribution in [0.5, 0.6) is 5.88 Å². The lowest BCUT2D eigenvalue weighted by atomic mass is 10.1. The second-order valence-electron chi connectivity index (χ2n) is 6.73. The number of methoxy groups -OCH3 is 2. The standard InChI is InChI=1S/C21H23FN4O4S/c1-12-17-20(30-3)25-15(11-29-2)26-21(17)31-18(12)19(28)24-8-7-23-16(27)10-13-5-4-6-14(22)9-13/h4-6,9H,7-8,10-11H2,1-3H3,(H,23,27)(H,24,28). The van der Waals surface area contributed by atoms with E-state index in [9.17, 15) is 14.0 Å². The Kier molecular flexibility index (Phi) is 7.48. The number of carbonyl (C=O) groups excluding carboxylic acids is 2. The lowest BCUT2D eigenvalue weighted by Gasteiger charge is -2.07. The summed E-state index contributed by atoms with van der Waals surface area (Å²) in [6.45, 7) is 2.56. The van der Waals surface area contributed by atoms with E-state index in [1.807, 2.05) is 6.92 Å². The van der Waals surface area contributed by atoms with E-state index >= 15 is 0 Å². The highest BCUT2D eigenvalue weighted by atomic mass is 32.1. The minimum atomic E-state index is -0.382. The minimum Gasteiger partial charge on any atom is -0.480 e. The third-order valence-corrected chi connectivity index (χ3v) is 5.65. The lowest BCUT2D eigenvalue weighted by molar-refractivity contribution is -0.120. The first kappa shape index (κ1) is 22.6. The Labute approximate surface area is 182 Å². The van der Waals surface area contributed by atoms with Gasteiger partial charge in [-0.15, -0.1) is 11.3 Å². The third kappa shape index (κ3) is 5.53. The zero-order valence-electron chi connectivity index (χ0n) is 17.5. The fraction of sp³-hybridized carbons (Fsp3) is 0.333. The van der Waals surface area contributed by atoms with Gasteiger partial charge in [-0.1, -0.05) is 12.1 Å². The van der Waals surface area contributed by atoms with E-state index in [0.717, 1.165) is 5.56 Å². The fourth-order valence-corrected chi connectivity index (χ4v) is 4.16. The van der Waals surface area contributed by atoms with Gasteiger partial charge in [0.1, 0.15) is 17.3 Å². The van der Waals surface area contributed by atoms with Gasteiger partial charge >= 0.3 is 0 Å². The van der Waals surface area contributed by atoms with Crippen LogP contribution in [0.25, 0.3) is 10.2 Å². The summed E-state index contributed by atoms with van der Waals surface area (Å²) >= 11 is 1.25. The molecule has 2 amide bonds. The SMILES string of the molecule is COCc1nc(OC)c2c(C)c(C(=O)NCCNC(=O)Cc3cccc(F)c3)sc2n1. The molecule has 3 aromatic rings. The Morgan fingerprint density at radius 3 is 2.65 bits per heavy atom. The Morgan fingerprint density at radius 2 is 1.94 bits per heavy atom. The minimum absolute atomic E-state index is 0.0728. The number of rotatable bonds is 9. The summed E-state index contributed by atoms with van der Waals surface area (Å²) in [6, 6.07) is 5.89. The fourth-order valence-electron chi connectivity index (χ4n) is 3.06. The summed E-state index contributed by atoms with van der Waals surface area (Å²) in [7, 11) is 3.07. The van der Waals surface area contributed by atoms with Gasteiger partial charge in [0.25, 0.3) is 5.91 Å². The summed E-state index contributed by atoms with van der Waals surface area (Å²) in [5.41, 5.74) is 1.32. The molecule has 10 heteroatoms. The van der Waals surface area contributed by atoms with Gasteiger partial charge in [-0.3, -0.25) is 9.59 Å². The molecule has 0 spiro atoms. The smallest absolute Gasteiger partial charge is 0.261 e. The number of halogens is 1. The Hall–Kier alpha value is -3.11. The molecule has 2 N–H and O–H groups in total. The molecule has 1 aromatic carbocycles. The molecule has 2 aromatic heterocycles. The third-order valence-electron chi connectivity index (χ3n) is 4.46. The first-order valence-corrected chi connectivity index (χ1v) is 10.4. The first-order chi connectivity index (χ1) is 14.9. The summed E-state index contributed by atoms with van der Waals surface area (Å²) in [4.78, 5) is 34.5. The highest BCUT2D eigenvalue weighted by molar-refractivity contribution is 7.20. The predicted octanol–water partition coefficient (Wildman–Crippen LogP) is 2.38. The maximum absolute atomic E-state index is 13.2. The highest BCUT2D eigenvalue weighted by Crippen LogP contribution is 2.34. The van der Waals surface area contributed by atoms with Gasteiger partial charge in [0.15, 0.2) is 5.82 Å². The van der Waals surface area contributed by atoms with Crippen LogP contribution in [0.2, 0.25) is 0 Å². The van der Waals surface area contributed by atoms with Crippen molar-refractivity contribution >= 4 is 33.4 Å². The van der Waals surface area contributed by atoms with Crippen molar-refractivity contribution in [3.8, 4) is 5.88 Å². The molecule has 3 rings (SSSR count). The van der Waals surface area contributed by atoms with Gasteiger partial charge in [0.2, 0.25) is 11.8 Å². The maximum atomic E-state index is 13.2. The average Bonchev–Trinajstić information content (AvgIpc) is 3.07. The molecule has 0 atom stereocenters. The van der Waals surface area contributed by atoms with Crippen molar-refractivity contribution in [2.45, 2.75) is 20.0 Å². The molecule has 0 saturated carbocycles. The predicted molar refractivity (Wildman–Crippen MR) is 115 cm³/mol. The number of nitrogens with zero attached hydrogens (tertiary/aromatic N) is 2. The zero-order valence-corrected chi connectivity index (χ0v) is 18.3. The van der Waals surface area contributed by atoms with Crippen LogP contribution in [0.15, 0.2) is 24.3 Å². The second-order valence-corrected chi connectivity index (χ2v) is 7.73. The van der Waals surface area contributed by atoms with Crippen LogP contribution in [-0.2, 0) is 22.6 Å². The van der Waals surface area contributed by atoms with Crippen molar-refractivity contribution in [1.29, 1.82) is 0 Å². The summed E-state index contributed by atoms with van der Waals surface area (Å²) in [5.74, 6) is -0.0266. The number of hydrogen-bond donors (Lipinski definition) is 2. The van der Waals surface area contributed by atoms with E-state index in [-0.39, 0.29) is 43.7 Å². The second kappa shape index (κ2) is 10.3. The van der Waals surface area contributed by atoms with Gasteiger partial charge in [0.05, 0.1) is 23.8 Å². The van der Waals surface area contributed by atoms with Gasteiger partial charge in [0, 0.05) is 20.2 Å². The van der Waals surface area contributed by atoms with E-state index in [4.69, 9.17) is 9.47 Å². The van der Waals surface area contributed by atoms with Crippen LogP contribution in [0.1, 0.15) is 26.6 Å². The van der Waals surface area contributed by atoms with Gasteiger partial charge < -0.3 is 20.1 Å². The topological polar surface area (TPSA) is 102 Å². The Bertz CT molecular complexity index is 1100. The number of hydrogen-bond acceptors (Lipinski definition) is 7. The molecule has 0 saturated heterocycles. The lowest BCUT2D eigenvalue weighted by Crippen LogP contribution is -2.35. The summed E-state index contributed by atoms with van der Waals surface area (Å²) in [5, 5.41) is 6.19. The van der Waals surface area contributed by atoms with Crippen molar-refractivity contribution in [1.82, 2.24) is 20.6 Å². The average molecular weight is 447 g/mol. The number of fused-ring (bicyclic) bond motifs is 1. The molecule has 164 valence electrons. The number of aromatic nitrogens is 2. The normalized spacial score (nSPS) is 10.8. The van der Waals surface area contributed by atoms with Crippen LogP contribution in [0, 0.1) is 12.7 Å². The van der Waals surface area contributed by atoms with Gasteiger partial charge in [-0.2, -0.15) is 4.98 Å². The summed E-state index contributed by atoms with van der Waals surface area (Å²) < 4.78 is 23.6. The van der Waals surface area contributed by atoms with Crippen molar-refractivity contribution in [3.05, 3.63) is 51.9 Å². The number of benzene rings is 1. The van der Waals surface area contributed by atoms with Crippen LogP contribution >= 0.6 is 11.3 Å². The van der Waals surface area contributed by atoms with Crippen molar-refractivity contribution in [2.75, 3.05) is 27.3 Å². The molecule has 31 heavy (non-hydrogen) atoms. The highest BCUT2D eigenvalue weighted by Gasteiger charge is 2.21. The van der Waals surface area contributed by atoms with Gasteiger partial charge in [-0.25, -0.2) is 9.37 Å². The Balaban J connectivity index is 1.59. The number of nitrogens with one attached hydrogen (secondary N) is 2. The maximum Gasteiger partial charge on any atom is 0.261 e. The number of carbonyl (C=O) groups is 2. The molecule has 0 aliphatic rings. The molecule has 0 radical (unpaired) electrons. The quantitative estimate of drug-likeness (QED) is 0.490. The van der Waals surface area contributed by atoms with Crippen molar-refractivity contribution in [2.24, 2.45) is 0 Å².